The Bertz CT molecular complexity index is 853. The van der Waals surface area contributed by atoms with E-state index in [0.29, 0.717) is 17.9 Å². The van der Waals surface area contributed by atoms with Crippen molar-refractivity contribution in [1.29, 1.82) is 0 Å². The Balaban J connectivity index is 1.65. The minimum absolute atomic E-state index is 0.101. The lowest BCUT2D eigenvalue weighted by molar-refractivity contribution is -0.231. The quantitative estimate of drug-likeness (QED) is 0.569. The Morgan fingerprint density at radius 2 is 1.70 bits per heavy atom. The molecule has 162 valence electrons. The first-order valence-electron chi connectivity index (χ1n) is 9.95. The minimum Gasteiger partial charge on any atom is -0.494 e. The maximum absolute atomic E-state index is 10.4. The molecule has 6 atom stereocenters. The van der Waals surface area contributed by atoms with E-state index in [9.17, 15) is 20.4 Å². The molecule has 2 aliphatic rings. The fraction of sp³-hybridized carbons (Fsp3) is 0.455. The average Bonchev–Trinajstić information content (AvgIpc) is 2.78. The van der Waals surface area contributed by atoms with Gasteiger partial charge in [-0.2, -0.15) is 0 Å². The van der Waals surface area contributed by atoms with Crippen LogP contribution < -0.4 is 9.47 Å². The molecule has 0 radical (unpaired) electrons. The van der Waals surface area contributed by atoms with Crippen molar-refractivity contribution in [1.82, 2.24) is 0 Å². The Morgan fingerprint density at radius 1 is 0.967 bits per heavy atom. The molecule has 2 aliphatic heterocycles. The summed E-state index contributed by atoms with van der Waals surface area (Å²) in [6, 6.07) is 12.9. The minimum atomic E-state index is -1.44. The van der Waals surface area contributed by atoms with Crippen LogP contribution in [0.4, 0.5) is 0 Å². The Labute approximate surface area is 174 Å². The first-order chi connectivity index (χ1) is 14.5. The SMILES string of the molecule is CCOc1ccc(C2OCOc3ccc(C4OC(CO)C(O)C(O)C4O)cc32)cc1. The van der Waals surface area contributed by atoms with Gasteiger partial charge in [0.25, 0.3) is 0 Å². The van der Waals surface area contributed by atoms with Gasteiger partial charge in [0, 0.05) is 5.56 Å². The topological polar surface area (TPSA) is 118 Å². The van der Waals surface area contributed by atoms with Gasteiger partial charge >= 0.3 is 0 Å². The van der Waals surface area contributed by atoms with Crippen LogP contribution in [0.2, 0.25) is 0 Å². The third kappa shape index (κ3) is 3.90. The molecule has 0 aliphatic carbocycles. The van der Waals surface area contributed by atoms with E-state index in [1.165, 1.54) is 0 Å². The molecule has 1 fully saturated rings. The molecule has 2 heterocycles. The molecule has 6 unspecified atom stereocenters. The van der Waals surface area contributed by atoms with Crippen LogP contribution in [0.15, 0.2) is 42.5 Å². The van der Waals surface area contributed by atoms with Crippen LogP contribution in [0.3, 0.4) is 0 Å². The van der Waals surface area contributed by atoms with Crippen LogP contribution in [0.25, 0.3) is 0 Å². The highest BCUT2D eigenvalue weighted by Gasteiger charge is 2.44. The van der Waals surface area contributed by atoms with Gasteiger partial charge in [-0.15, -0.1) is 0 Å². The maximum atomic E-state index is 10.4. The molecule has 8 nitrogen and oxygen atoms in total. The van der Waals surface area contributed by atoms with Gasteiger partial charge < -0.3 is 39.4 Å². The lowest BCUT2D eigenvalue weighted by atomic mass is 9.89. The normalized spacial score (nSPS) is 31.0. The summed E-state index contributed by atoms with van der Waals surface area (Å²) >= 11 is 0. The van der Waals surface area contributed by atoms with Gasteiger partial charge in [-0.05, 0) is 42.3 Å². The van der Waals surface area contributed by atoms with E-state index < -0.39 is 43.2 Å². The largest absolute Gasteiger partial charge is 0.494 e. The molecule has 0 amide bonds. The predicted octanol–water partition coefficient (Wildman–Crippen LogP) is 1.06. The molecule has 0 aromatic heterocycles. The van der Waals surface area contributed by atoms with Crippen LogP contribution in [0.1, 0.15) is 35.8 Å². The molecule has 30 heavy (non-hydrogen) atoms. The summed E-state index contributed by atoms with van der Waals surface area (Å²) in [4.78, 5) is 0. The van der Waals surface area contributed by atoms with Crippen molar-refractivity contribution in [2.75, 3.05) is 20.0 Å². The van der Waals surface area contributed by atoms with Gasteiger partial charge in [-0.3, -0.25) is 0 Å². The molecular weight excluding hydrogens is 392 g/mol. The van der Waals surface area contributed by atoms with Gasteiger partial charge in [0.15, 0.2) is 6.79 Å². The lowest BCUT2D eigenvalue weighted by Crippen LogP contribution is -2.55. The predicted molar refractivity (Wildman–Crippen MR) is 105 cm³/mol. The van der Waals surface area contributed by atoms with Crippen LogP contribution in [-0.2, 0) is 9.47 Å². The second-order valence-corrected chi connectivity index (χ2v) is 7.36. The summed E-state index contributed by atoms with van der Waals surface area (Å²) in [6.07, 6.45) is -6.48. The van der Waals surface area contributed by atoms with Crippen molar-refractivity contribution in [3.63, 3.8) is 0 Å². The average molecular weight is 418 g/mol. The number of aliphatic hydroxyl groups excluding tert-OH is 4. The van der Waals surface area contributed by atoms with Crippen molar-refractivity contribution >= 4 is 0 Å². The van der Waals surface area contributed by atoms with E-state index >= 15 is 0 Å². The number of hydrogen-bond donors (Lipinski definition) is 4. The molecule has 2 aromatic carbocycles. The Hall–Kier alpha value is -2.20. The van der Waals surface area contributed by atoms with Crippen LogP contribution in [0.5, 0.6) is 11.5 Å². The highest BCUT2D eigenvalue weighted by molar-refractivity contribution is 5.45. The summed E-state index contributed by atoms with van der Waals surface area (Å²) in [6.45, 7) is 2.13. The van der Waals surface area contributed by atoms with E-state index in [1.807, 2.05) is 31.2 Å². The van der Waals surface area contributed by atoms with Crippen molar-refractivity contribution in [3.05, 3.63) is 59.2 Å². The fourth-order valence-corrected chi connectivity index (χ4v) is 3.89. The smallest absolute Gasteiger partial charge is 0.190 e. The van der Waals surface area contributed by atoms with Gasteiger partial charge in [-0.25, -0.2) is 0 Å². The van der Waals surface area contributed by atoms with E-state index in [1.54, 1.807) is 18.2 Å². The molecule has 1 saturated heterocycles. The van der Waals surface area contributed by atoms with Gasteiger partial charge in [0.1, 0.15) is 48.1 Å². The fourth-order valence-electron chi connectivity index (χ4n) is 3.89. The number of aliphatic hydroxyl groups is 4. The number of fused-ring (bicyclic) bond motifs is 1. The molecule has 0 bridgehead atoms. The summed E-state index contributed by atoms with van der Waals surface area (Å²) in [5.74, 6) is 1.41. The van der Waals surface area contributed by atoms with Crippen LogP contribution in [0, 0.1) is 0 Å². The van der Waals surface area contributed by atoms with E-state index in [0.717, 1.165) is 16.9 Å². The first-order valence-corrected chi connectivity index (χ1v) is 9.95. The lowest BCUT2D eigenvalue weighted by Gasteiger charge is -2.40. The van der Waals surface area contributed by atoms with Crippen molar-refractivity contribution < 1.29 is 39.4 Å². The Kier molecular flexibility index (Phi) is 6.24. The molecule has 0 saturated carbocycles. The molecule has 4 N–H and O–H groups in total. The maximum Gasteiger partial charge on any atom is 0.190 e. The third-order valence-electron chi connectivity index (χ3n) is 5.48. The monoisotopic (exact) mass is 418 g/mol. The molecule has 2 aromatic rings. The summed E-state index contributed by atoms with van der Waals surface area (Å²) in [5, 5.41) is 40.0. The molecule has 4 rings (SSSR count). The Morgan fingerprint density at radius 3 is 2.40 bits per heavy atom. The summed E-state index contributed by atoms with van der Waals surface area (Å²) < 4.78 is 22.6. The summed E-state index contributed by atoms with van der Waals surface area (Å²) in [7, 11) is 0. The van der Waals surface area contributed by atoms with Crippen molar-refractivity contribution in [3.8, 4) is 11.5 Å². The van der Waals surface area contributed by atoms with E-state index in [2.05, 4.69) is 0 Å². The highest BCUT2D eigenvalue weighted by Crippen LogP contribution is 2.40. The number of ether oxygens (including phenoxy) is 4. The van der Waals surface area contributed by atoms with E-state index in [-0.39, 0.29) is 6.79 Å². The standard InChI is InChI=1S/C22H26O8/c1-2-27-14-6-3-12(4-7-14)21-15-9-13(5-8-16(15)28-11-29-21)22-20(26)19(25)18(24)17(10-23)30-22/h3-9,17-26H,2,10-11H2,1H3. The molecular formula is C22H26O8. The second kappa shape index (κ2) is 8.89. The highest BCUT2D eigenvalue weighted by atomic mass is 16.7. The zero-order chi connectivity index (χ0) is 21.3. The number of hydrogen-bond acceptors (Lipinski definition) is 8. The van der Waals surface area contributed by atoms with Gasteiger partial charge in [0.05, 0.1) is 13.2 Å². The van der Waals surface area contributed by atoms with Crippen molar-refractivity contribution in [2.45, 2.75) is 43.5 Å². The van der Waals surface area contributed by atoms with Gasteiger partial charge in [0.2, 0.25) is 0 Å². The first kappa shape index (κ1) is 21.0. The summed E-state index contributed by atoms with van der Waals surface area (Å²) in [5.41, 5.74) is 2.24. The molecule has 8 heteroatoms. The third-order valence-corrected chi connectivity index (χ3v) is 5.48. The number of rotatable bonds is 5. The van der Waals surface area contributed by atoms with Crippen LogP contribution in [-0.4, -0.2) is 64.8 Å². The number of benzene rings is 2. The zero-order valence-corrected chi connectivity index (χ0v) is 16.5. The zero-order valence-electron chi connectivity index (χ0n) is 16.5. The van der Waals surface area contributed by atoms with E-state index in [4.69, 9.17) is 18.9 Å². The van der Waals surface area contributed by atoms with Crippen molar-refractivity contribution in [2.24, 2.45) is 0 Å². The second-order valence-electron chi connectivity index (χ2n) is 7.36. The van der Waals surface area contributed by atoms with Crippen LogP contribution >= 0.6 is 0 Å². The molecule has 0 spiro atoms. The van der Waals surface area contributed by atoms with Gasteiger partial charge in [-0.1, -0.05) is 18.2 Å².